The van der Waals surface area contributed by atoms with E-state index in [1.165, 1.54) is 25.7 Å². The molecule has 0 spiro atoms. The van der Waals surface area contributed by atoms with Crippen molar-refractivity contribution in [3.8, 4) is 11.9 Å². The zero-order valence-electron chi connectivity index (χ0n) is 14.8. The van der Waals surface area contributed by atoms with Crippen molar-refractivity contribution in [3.05, 3.63) is 11.8 Å². The number of aryl methyl sites for hydroxylation is 1. The molecule has 3 rings (SSSR count). The first-order chi connectivity index (χ1) is 11.3. The molecule has 2 unspecified atom stereocenters. The molecule has 0 radical (unpaired) electrons. The van der Waals surface area contributed by atoms with Gasteiger partial charge in [-0.15, -0.1) is 24.8 Å². The molecule has 3 heterocycles. The monoisotopic (exact) mass is 392 g/mol. The second-order valence-electron chi connectivity index (χ2n) is 6.68. The molecule has 2 atom stereocenters. The highest BCUT2D eigenvalue weighted by Crippen LogP contribution is 2.18. The van der Waals surface area contributed by atoms with E-state index in [2.05, 4.69) is 20.6 Å². The van der Waals surface area contributed by atoms with E-state index in [4.69, 9.17) is 9.47 Å². The average molecular weight is 393 g/mol. The summed E-state index contributed by atoms with van der Waals surface area (Å²) in [6.45, 7) is 7.61. The molecule has 2 fully saturated rings. The van der Waals surface area contributed by atoms with Gasteiger partial charge in [0.05, 0.1) is 13.2 Å². The van der Waals surface area contributed by atoms with Gasteiger partial charge in [-0.25, -0.2) is 4.98 Å². The maximum atomic E-state index is 5.88. The summed E-state index contributed by atoms with van der Waals surface area (Å²) in [7, 11) is 0. The van der Waals surface area contributed by atoms with Gasteiger partial charge in [-0.3, -0.25) is 0 Å². The Labute approximate surface area is 162 Å². The largest absolute Gasteiger partial charge is 0.477 e. The molecule has 8 heteroatoms. The fraction of sp³-hybridized carbons (Fsp3) is 0.765. The highest BCUT2D eigenvalue weighted by atomic mass is 35.5. The lowest BCUT2D eigenvalue weighted by Gasteiger charge is -2.23. The highest BCUT2D eigenvalue weighted by Gasteiger charge is 2.16. The number of nitrogens with one attached hydrogen (secondary N) is 2. The van der Waals surface area contributed by atoms with E-state index in [0.29, 0.717) is 36.9 Å². The Bertz CT molecular complexity index is 455. The van der Waals surface area contributed by atoms with Gasteiger partial charge in [0, 0.05) is 36.7 Å². The number of rotatable bonds is 6. The molecular formula is C17H30Cl2N4O2. The first-order valence-corrected chi connectivity index (χ1v) is 8.82. The SMILES string of the molecule is Cc1cc(OCC2CCCNC2)nc(OCC2CCCNC2)n1.Cl.Cl. The molecule has 2 saturated heterocycles. The Balaban J connectivity index is 0.00000156. The molecule has 1 aromatic rings. The van der Waals surface area contributed by atoms with Crippen LogP contribution >= 0.6 is 24.8 Å². The molecule has 2 aliphatic rings. The molecule has 144 valence electrons. The van der Waals surface area contributed by atoms with E-state index in [1.54, 1.807) is 0 Å². The third-order valence-corrected chi connectivity index (χ3v) is 4.52. The average Bonchev–Trinajstić information content (AvgIpc) is 2.60. The van der Waals surface area contributed by atoms with Crippen LogP contribution in [0.2, 0.25) is 0 Å². The van der Waals surface area contributed by atoms with Crippen LogP contribution in [0.1, 0.15) is 31.4 Å². The summed E-state index contributed by atoms with van der Waals surface area (Å²) < 4.78 is 11.7. The zero-order valence-corrected chi connectivity index (χ0v) is 16.5. The number of hydrogen-bond acceptors (Lipinski definition) is 6. The van der Waals surface area contributed by atoms with Gasteiger partial charge in [-0.2, -0.15) is 4.98 Å². The van der Waals surface area contributed by atoms with E-state index >= 15 is 0 Å². The van der Waals surface area contributed by atoms with E-state index in [-0.39, 0.29) is 24.8 Å². The Hall–Kier alpha value is -0.820. The summed E-state index contributed by atoms with van der Waals surface area (Å²) in [4.78, 5) is 8.77. The van der Waals surface area contributed by atoms with Crippen LogP contribution in [0.3, 0.4) is 0 Å². The zero-order chi connectivity index (χ0) is 15.9. The highest BCUT2D eigenvalue weighted by molar-refractivity contribution is 5.85. The first kappa shape index (κ1) is 22.2. The maximum Gasteiger partial charge on any atom is 0.319 e. The third kappa shape index (κ3) is 7.52. The van der Waals surface area contributed by atoms with Crippen LogP contribution in [0.5, 0.6) is 11.9 Å². The molecule has 0 amide bonds. The lowest BCUT2D eigenvalue weighted by molar-refractivity contribution is 0.191. The molecule has 0 aliphatic carbocycles. The van der Waals surface area contributed by atoms with Crippen LogP contribution in [-0.2, 0) is 0 Å². The third-order valence-electron chi connectivity index (χ3n) is 4.52. The van der Waals surface area contributed by atoms with Gasteiger partial charge in [0.2, 0.25) is 5.88 Å². The smallest absolute Gasteiger partial charge is 0.319 e. The summed E-state index contributed by atoms with van der Waals surface area (Å²) in [5, 5.41) is 6.81. The lowest BCUT2D eigenvalue weighted by atomic mass is 10.0. The van der Waals surface area contributed by atoms with Crippen LogP contribution in [0.15, 0.2) is 6.07 Å². The van der Waals surface area contributed by atoms with Crippen molar-refractivity contribution < 1.29 is 9.47 Å². The summed E-state index contributed by atoms with van der Waals surface area (Å²) in [6, 6.07) is 2.32. The summed E-state index contributed by atoms with van der Waals surface area (Å²) in [5.74, 6) is 1.74. The summed E-state index contributed by atoms with van der Waals surface area (Å²) in [6.07, 6.45) is 4.86. The quantitative estimate of drug-likeness (QED) is 0.774. The second kappa shape index (κ2) is 11.7. The number of hydrogen-bond donors (Lipinski definition) is 2. The predicted molar refractivity (Wildman–Crippen MR) is 103 cm³/mol. The number of ether oxygens (including phenoxy) is 2. The van der Waals surface area contributed by atoms with Gasteiger partial charge in [0.1, 0.15) is 0 Å². The van der Waals surface area contributed by atoms with Crippen LogP contribution in [-0.4, -0.2) is 49.4 Å². The normalized spacial score (nSPS) is 23.1. The van der Waals surface area contributed by atoms with Gasteiger partial charge in [0.25, 0.3) is 0 Å². The van der Waals surface area contributed by atoms with E-state index < -0.39 is 0 Å². The molecule has 0 bridgehead atoms. The molecule has 0 aromatic carbocycles. The van der Waals surface area contributed by atoms with Crippen molar-refractivity contribution in [2.75, 3.05) is 39.4 Å². The van der Waals surface area contributed by atoms with Crippen molar-refractivity contribution in [1.82, 2.24) is 20.6 Å². The van der Waals surface area contributed by atoms with Crippen molar-refractivity contribution in [2.24, 2.45) is 11.8 Å². The molecule has 0 saturated carbocycles. The predicted octanol–water partition coefficient (Wildman–Crippen LogP) is 2.39. The van der Waals surface area contributed by atoms with E-state index in [0.717, 1.165) is 31.9 Å². The summed E-state index contributed by atoms with van der Waals surface area (Å²) in [5.41, 5.74) is 0.883. The molecule has 2 N–H and O–H groups in total. The van der Waals surface area contributed by atoms with Gasteiger partial charge in [-0.1, -0.05) is 0 Å². The fourth-order valence-corrected chi connectivity index (χ4v) is 3.18. The molecular weight excluding hydrogens is 363 g/mol. The van der Waals surface area contributed by atoms with Crippen molar-refractivity contribution in [2.45, 2.75) is 32.6 Å². The molecule has 6 nitrogen and oxygen atoms in total. The minimum Gasteiger partial charge on any atom is -0.477 e. The Kier molecular flexibility index (Phi) is 10.4. The van der Waals surface area contributed by atoms with Gasteiger partial charge in [0.15, 0.2) is 0 Å². The Morgan fingerprint density at radius 2 is 1.56 bits per heavy atom. The van der Waals surface area contributed by atoms with Crippen LogP contribution in [0, 0.1) is 18.8 Å². The van der Waals surface area contributed by atoms with Crippen LogP contribution in [0.4, 0.5) is 0 Å². The van der Waals surface area contributed by atoms with Gasteiger partial charge in [-0.05, 0) is 45.7 Å². The number of piperidine rings is 2. The van der Waals surface area contributed by atoms with E-state index in [1.807, 2.05) is 13.0 Å². The number of halogens is 2. The number of aromatic nitrogens is 2. The van der Waals surface area contributed by atoms with E-state index in [9.17, 15) is 0 Å². The molecule has 1 aromatic heterocycles. The standard InChI is InChI=1S/C17H28N4O2.2ClH/c1-13-8-16(22-11-14-4-2-6-18-9-14)21-17(20-13)23-12-15-5-3-7-19-10-15;;/h8,14-15,18-19H,2-7,9-12H2,1H3;2*1H. The second-order valence-corrected chi connectivity index (χ2v) is 6.68. The first-order valence-electron chi connectivity index (χ1n) is 8.82. The van der Waals surface area contributed by atoms with Gasteiger partial charge >= 0.3 is 6.01 Å². The summed E-state index contributed by atoms with van der Waals surface area (Å²) >= 11 is 0. The van der Waals surface area contributed by atoms with Crippen LogP contribution < -0.4 is 20.1 Å². The fourth-order valence-electron chi connectivity index (χ4n) is 3.18. The van der Waals surface area contributed by atoms with Gasteiger partial charge < -0.3 is 20.1 Å². The maximum absolute atomic E-state index is 5.88. The van der Waals surface area contributed by atoms with Crippen LogP contribution in [0.25, 0.3) is 0 Å². The Morgan fingerprint density at radius 1 is 0.960 bits per heavy atom. The minimum atomic E-state index is 0. The molecule has 2 aliphatic heterocycles. The molecule has 25 heavy (non-hydrogen) atoms. The number of nitrogens with zero attached hydrogens (tertiary/aromatic N) is 2. The Morgan fingerprint density at radius 3 is 2.12 bits per heavy atom. The topological polar surface area (TPSA) is 68.3 Å². The minimum absolute atomic E-state index is 0. The van der Waals surface area contributed by atoms with Crippen molar-refractivity contribution in [1.29, 1.82) is 0 Å². The van der Waals surface area contributed by atoms with Crippen molar-refractivity contribution >= 4 is 24.8 Å². The van der Waals surface area contributed by atoms with Crippen molar-refractivity contribution in [3.63, 3.8) is 0 Å². The lowest BCUT2D eigenvalue weighted by Crippen LogP contribution is -2.33.